The number of hydrazine groups is 1. The van der Waals surface area contributed by atoms with Gasteiger partial charge in [0, 0.05) is 49.7 Å². The highest BCUT2D eigenvalue weighted by molar-refractivity contribution is 6.12. The van der Waals surface area contributed by atoms with Gasteiger partial charge in [-0.3, -0.25) is 19.8 Å². The molecule has 312 valence electrons. The lowest BCUT2D eigenvalue weighted by Crippen LogP contribution is -2.53. The molecule has 4 aromatic carbocycles. The Kier molecular flexibility index (Phi) is 9.44. The van der Waals surface area contributed by atoms with Gasteiger partial charge in [-0.2, -0.15) is 5.01 Å². The Morgan fingerprint density at radius 3 is 2.26 bits per heavy atom. The molecule has 1 saturated carbocycles. The molecule has 1 aliphatic carbocycles. The van der Waals surface area contributed by atoms with Gasteiger partial charge in [0.05, 0.1) is 62.0 Å². The van der Waals surface area contributed by atoms with E-state index in [4.69, 9.17) is 14.2 Å². The summed E-state index contributed by atoms with van der Waals surface area (Å²) < 4.78 is 22.0. The maximum Gasteiger partial charge on any atom is 0.347 e. The number of aromatic nitrogens is 5. The van der Waals surface area contributed by atoms with Crippen molar-refractivity contribution in [1.29, 1.82) is 0 Å². The van der Waals surface area contributed by atoms with Crippen molar-refractivity contribution in [2.45, 2.75) is 50.2 Å². The molecule has 3 aliphatic rings. The van der Waals surface area contributed by atoms with Crippen molar-refractivity contribution in [2.24, 2.45) is 13.0 Å². The van der Waals surface area contributed by atoms with Gasteiger partial charge in [-0.1, -0.05) is 60.2 Å². The molecule has 0 spiro atoms. The number of methoxy groups -OCH3 is 3. The van der Waals surface area contributed by atoms with E-state index in [0.29, 0.717) is 44.9 Å². The Labute approximate surface area is 348 Å². The van der Waals surface area contributed by atoms with Crippen LogP contribution in [0, 0.1) is 12.8 Å². The third kappa shape index (κ3) is 5.87. The van der Waals surface area contributed by atoms with Crippen LogP contribution in [0.4, 0.5) is 5.69 Å². The maximum atomic E-state index is 15.4. The first-order valence-electron chi connectivity index (χ1n) is 19.8. The Balaban J connectivity index is 1.17. The predicted molar refractivity (Wildman–Crippen MR) is 224 cm³/mol. The van der Waals surface area contributed by atoms with Crippen LogP contribution in [0.25, 0.3) is 11.0 Å². The van der Waals surface area contributed by atoms with Crippen LogP contribution in [-0.2, 0) is 41.6 Å². The van der Waals surface area contributed by atoms with Crippen LogP contribution in [0.5, 0.6) is 23.0 Å². The number of ether oxygens (including phenoxy) is 3. The molecule has 2 fully saturated rings. The molecule has 4 heterocycles. The Hall–Kier alpha value is -7.36. The molecule has 0 radical (unpaired) electrons. The number of hydrogen-bond acceptors (Lipinski definition) is 11. The average molecular weight is 826 g/mol. The number of carbonyl (C=O) groups excluding carboxylic acids is 2. The van der Waals surface area contributed by atoms with Crippen LogP contribution in [0.1, 0.15) is 40.8 Å². The molecule has 16 heteroatoms. The molecular weight excluding hydrogens is 783 g/mol. The smallest absolute Gasteiger partial charge is 0.347 e. The molecule has 9 rings (SSSR count). The number of rotatable bonds is 10. The van der Waals surface area contributed by atoms with Crippen molar-refractivity contribution in [1.82, 2.24) is 28.5 Å². The normalized spacial score (nSPS) is 20.5. The molecule has 2 amide bonds. The van der Waals surface area contributed by atoms with Crippen molar-refractivity contribution >= 4 is 28.5 Å². The van der Waals surface area contributed by atoms with E-state index in [1.165, 1.54) is 47.4 Å². The Morgan fingerprint density at radius 1 is 0.852 bits per heavy atom. The minimum Gasteiger partial charge on any atom is -0.508 e. The number of allylic oxidation sites excluding steroid dienone is 2. The number of phenolic OH excluding ortho intramolecular Hbond substituents is 1. The topological polar surface area (TPSA) is 181 Å². The lowest BCUT2D eigenvalue weighted by atomic mass is 9.53. The largest absolute Gasteiger partial charge is 0.508 e. The van der Waals surface area contributed by atoms with Gasteiger partial charge >= 0.3 is 11.4 Å². The lowest BCUT2D eigenvalue weighted by molar-refractivity contribution is -0.138. The van der Waals surface area contributed by atoms with Crippen molar-refractivity contribution in [3.8, 4) is 23.0 Å². The number of nitrogens with zero attached hydrogens (tertiary/aromatic N) is 6. The van der Waals surface area contributed by atoms with E-state index < -0.39 is 52.0 Å². The van der Waals surface area contributed by atoms with Crippen molar-refractivity contribution in [3.63, 3.8) is 0 Å². The molecule has 61 heavy (non-hydrogen) atoms. The molecule has 1 saturated heterocycles. The number of aromatic hydroxyl groups is 1. The Bertz CT molecular complexity index is 2980. The first kappa shape index (κ1) is 39.1. The van der Waals surface area contributed by atoms with Gasteiger partial charge in [0.25, 0.3) is 17.4 Å². The molecule has 16 nitrogen and oxygen atoms in total. The maximum absolute atomic E-state index is 15.4. The quantitative estimate of drug-likeness (QED) is 0.151. The number of fused-ring (bicyclic) bond motifs is 5. The summed E-state index contributed by atoms with van der Waals surface area (Å²) in [6.07, 6.45) is 1.81. The number of imide groups is 1. The fourth-order valence-electron chi connectivity index (χ4n) is 9.62. The van der Waals surface area contributed by atoms with E-state index in [1.54, 1.807) is 37.4 Å². The number of benzene rings is 4. The van der Waals surface area contributed by atoms with Crippen molar-refractivity contribution in [3.05, 3.63) is 150 Å². The SMILES string of the molecule is COc1cc2nc(CCn3c(=O)n4n(c3=O)[C@@H]3C[C@H]5C(=O)N(Nc6ccc(C)cc6)C(=O)[C@@]5(c5ccccc5)[C@@H](c5ccc(O)cc5OC)C3=CC4)c(=O)n(C)c2cc1OC. The number of carbonyl (C=O) groups is 2. The summed E-state index contributed by atoms with van der Waals surface area (Å²) in [6.45, 7) is 1.75. The number of nitrogens with one attached hydrogen (secondary N) is 1. The van der Waals surface area contributed by atoms with Gasteiger partial charge in [0.15, 0.2) is 11.5 Å². The van der Waals surface area contributed by atoms with E-state index in [1.807, 2.05) is 55.5 Å². The first-order valence-corrected chi connectivity index (χ1v) is 19.8. The summed E-state index contributed by atoms with van der Waals surface area (Å²) in [4.78, 5) is 77.4. The number of anilines is 1. The van der Waals surface area contributed by atoms with E-state index >= 15 is 4.79 Å². The van der Waals surface area contributed by atoms with Gasteiger partial charge in [-0.15, -0.1) is 0 Å². The summed E-state index contributed by atoms with van der Waals surface area (Å²) in [5, 5.41) is 11.7. The number of amides is 2. The zero-order valence-corrected chi connectivity index (χ0v) is 34.1. The fraction of sp³-hybridized carbons (Fsp3) is 0.289. The minimum atomic E-state index is -1.55. The van der Waals surface area contributed by atoms with E-state index in [-0.39, 0.29) is 43.1 Å². The number of hydrogen-bond donors (Lipinski definition) is 2. The average Bonchev–Trinajstić information content (AvgIpc) is 3.64. The molecule has 0 unspecified atom stereocenters. The van der Waals surface area contributed by atoms with E-state index in [2.05, 4.69) is 10.4 Å². The van der Waals surface area contributed by atoms with Gasteiger partial charge in [-0.25, -0.2) is 28.5 Å². The van der Waals surface area contributed by atoms with Gasteiger partial charge in [0.2, 0.25) is 0 Å². The predicted octanol–water partition coefficient (Wildman–Crippen LogP) is 3.96. The lowest BCUT2D eigenvalue weighted by Gasteiger charge is -2.49. The molecule has 4 atom stereocenters. The van der Waals surface area contributed by atoms with Gasteiger partial charge in [-0.05, 0) is 42.7 Å². The zero-order valence-electron chi connectivity index (χ0n) is 34.1. The second-order valence-corrected chi connectivity index (χ2v) is 15.6. The number of phenols is 1. The monoisotopic (exact) mass is 825 g/mol. The highest BCUT2D eigenvalue weighted by Gasteiger charge is 2.69. The fourth-order valence-corrected chi connectivity index (χ4v) is 9.62. The summed E-state index contributed by atoms with van der Waals surface area (Å²) in [5.74, 6) is -1.88. The molecule has 2 N–H and O–H groups in total. The summed E-state index contributed by atoms with van der Waals surface area (Å²) in [6, 6.07) is 23.5. The van der Waals surface area contributed by atoms with Gasteiger partial charge < -0.3 is 23.9 Å². The van der Waals surface area contributed by atoms with Crippen LogP contribution >= 0.6 is 0 Å². The molecule has 2 aliphatic heterocycles. The van der Waals surface area contributed by atoms with E-state index in [9.17, 15) is 24.3 Å². The minimum absolute atomic E-state index is 0.00426. The highest BCUT2D eigenvalue weighted by atomic mass is 16.5. The van der Waals surface area contributed by atoms with Crippen molar-refractivity contribution in [2.75, 3.05) is 26.8 Å². The van der Waals surface area contributed by atoms with Crippen LogP contribution in [0.15, 0.2) is 111 Å². The van der Waals surface area contributed by atoms with Gasteiger partial charge in [0.1, 0.15) is 17.2 Å². The standard InChI is InChI=1S/C45H43N7O9/c1-25-11-13-27(14-12-25)47-51-40(54)31-22-34-29(39(30-16-15-28(53)21-36(30)59-3)45(31,42(51)56)26-9-7-6-8-10-26)17-20-50-43(57)49(44(58)52(34)50)19-18-32-41(55)48(2)35-24-38(61-5)37(60-4)23-33(35)46-32/h6-17,21,23-24,31,34,39,47,53H,18-20,22H2,1-5H3/t31-,34+,39+,45+/m0/s1. The second-order valence-electron chi connectivity index (χ2n) is 15.6. The highest BCUT2D eigenvalue weighted by Crippen LogP contribution is 2.63. The third-order valence-corrected chi connectivity index (χ3v) is 12.5. The third-order valence-electron chi connectivity index (χ3n) is 12.5. The van der Waals surface area contributed by atoms with Crippen LogP contribution in [0.2, 0.25) is 0 Å². The molecular formula is C45H43N7O9. The summed E-state index contributed by atoms with van der Waals surface area (Å²) >= 11 is 0. The molecule has 6 aromatic rings. The van der Waals surface area contributed by atoms with E-state index in [0.717, 1.165) is 15.1 Å². The zero-order chi connectivity index (χ0) is 42.9. The number of aryl methyl sites for hydroxylation is 3. The summed E-state index contributed by atoms with van der Waals surface area (Å²) in [5.41, 5.74) is 4.27. The van der Waals surface area contributed by atoms with Crippen LogP contribution < -0.4 is 36.6 Å². The molecule has 2 aromatic heterocycles. The Morgan fingerprint density at radius 2 is 1.56 bits per heavy atom. The van der Waals surface area contributed by atoms with Crippen LogP contribution in [0.3, 0.4) is 0 Å². The molecule has 0 bridgehead atoms. The van der Waals surface area contributed by atoms with Crippen LogP contribution in [-0.4, -0.2) is 66.7 Å². The van der Waals surface area contributed by atoms with Crippen molar-refractivity contribution < 1.29 is 28.9 Å². The summed E-state index contributed by atoms with van der Waals surface area (Å²) in [7, 11) is 6.06. The first-order chi connectivity index (χ1) is 29.4. The second kappa shape index (κ2) is 14.7.